The lowest BCUT2D eigenvalue weighted by molar-refractivity contribution is -0.122. The van der Waals surface area contributed by atoms with Crippen molar-refractivity contribution in [1.82, 2.24) is 10.9 Å². The van der Waals surface area contributed by atoms with Crippen molar-refractivity contribution in [2.24, 2.45) is 10.2 Å². The Morgan fingerprint density at radius 3 is 1.48 bits per heavy atom. The van der Waals surface area contributed by atoms with Gasteiger partial charge in [-0.3, -0.25) is 9.59 Å². The van der Waals surface area contributed by atoms with Crippen LogP contribution in [0.4, 0.5) is 0 Å². The minimum absolute atomic E-state index is 0.192. The van der Waals surface area contributed by atoms with Gasteiger partial charge in [-0.1, -0.05) is 13.8 Å². The molecule has 2 aromatic carbocycles. The van der Waals surface area contributed by atoms with E-state index in [1.165, 1.54) is 0 Å². The van der Waals surface area contributed by atoms with Crippen LogP contribution < -0.4 is 20.3 Å². The fourth-order valence-electron chi connectivity index (χ4n) is 2.62. The average molecular weight is 453 g/mol. The van der Waals surface area contributed by atoms with Gasteiger partial charge in [0, 0.05) is 12.8 Å². The van der Waals surface area contributed by atoms with Crippen molar-refractivity contribution in [3.63, 3.8) is 0 Å². The van der Waals surface area contributed by atoms with Crippen LogP contribution in [0.5, 0.6) is 11.5 Å². The van der Waals surface area contributed by atoms with Crippen LogP contribution in [-0.2, 0) is 9.59 Å². The van der Waals surface area contributed by atoms with Crippen LogP contribution in [0.15, 0.2) is 58.7 Å². The van der Waals surface area contributed by atoms with Gasteiger partial charge < -0.3 is 9.47 Å². The third kappa shape index (κ3) is 11.0. The molecular formula is C25H32N4O4. The summed E-state index contributed by atoms with van der Waals surface area (Å²) in [5.74, 6) is 1.10. The standard InChI is InChI=1S/C25H32N4O4/c1-3-16-32-22-12-8-20(9-13-22)18-26-28-24(30)6-5-7-25(31)29-27-19-21-10-14-23(15-11-21)33-17-4-2/h8-15,18-19H,3-7,16-17H2,1-2H3,(H,28,30)(H,29,31). The van der Waals surface area contributed by atoms with Gasteiger partial charge in [0.2, 0.25) is 11.8 Å². The number of carbonyl (C=O) groups excluding carboxylic acids is 2. The van der Waals surface area contributed by atoms with Crippen molar-refractivity contribution in [2.75, 3.05) is 13.2 Å². The van der Waals surface area contributed by atoms with Crippen molar-refractivity contribution >= 4 is 24.2 Å². The summed E-state index contributed by atoms with van der Waals surface area (Å²) in [5.41, 5.74) is 6.62. The molecule has 0 unspecified atom stereocenters. The first-order valence-electron chi connectivity index (χ1n) is 11.2. The molecule has 0 spiro atoms. The molecule has 0 saturated carbocycles. The molecule has 0 radical (unpaired) electrons. The molecule has 0 fully saturated rings. The van der Waals surface area contributed by atoms with E-state index in [9.17, 15) is 9.59 Å². The molecule has 0 aromatic heterocycles. The molecule has 2 rings (SSSR count). The molecule has 33 heavy (non-hydrogen) atoms. The Balaban J connectivity index is 1.61. The van der Waals surface area contributed by atoms with Gasteiger partial charge in [-0.2, -0.15) is 10.2 Å². The van der Waals surface area contributed by atoms with Crippen LogP contribution >= 0.6 is 0 Å². The molecule has 0 bridgehead atoms. The summed E-state index contributed by atoms with van der Waals surface area (Å²) in [6.07, 6.45) is 5.81. The molecule has 0 aliphatic rings. The fourth-order valence-corrected chi connectivity index (χ4v) is 2.62. The van der Waals surface area contributed by atoms with Crippen LogP contribution in [0.25, 0.3) is 0 Å². The SMILES string of the molecule is CCCOc1ccc(C=NNC(=O)CCCC(=O)NN=Cc2ccc(OCCC)cc2)cc1. The second kappa shape index (κ2) is 15.2. The normalized spacial score (nSPS) is 11.0. The third-order valence-corrected chi connectivity index (χ3v) is 4.32. The van der Waals surface area contributed by atoms with E-state index in [4.69, 9.17) is 9.47 Å². The van der Waals surface area contributed by atoms with E-state index in [1.54, 1.807) is 12.4 Å². The van der Waals surface area contributed by atoms with Crippen LogP contribution in [0.3, 0.4) is 0 Å². The number of nitrogens with one attached hydrogen (secondary N) is 2. The fraction of sp³-hybridized carbons (Fsp3) is 0.360. The van der Waals surface area contributed by atoms with Gasteiger partial charge in [0.25, 0.3) is 0 Å². The van der Waals surface area contributed by atoms with E-state index in [2.05, 4.69) is 34.9 Å². The molecule has 2 aromatic rings. The second-order valence-electron chi connectivity index (χ2n) is 7.27. The van der Waals surface area contributed by atoms with E-state index in [1.807, 2.05) is 48.5 Å². The lowest BCUT2D eigenvalue weighted by atomic mass is 10.2. The van der Waals surface area contributed by atoms with Gasteiger partial charge >= 0.3 is 0 Å². The number of rotatable bonds is 14. The Kier molecular flexibility index (Phi) is 11.8. The van der Waals surface area contributed by atoms with E-state index >= 15 is 0 Å². The maximum atomic E-state index is 11.9. The predicted molar refractivity (Wildman–Crippen MR) is 130 cm³/mol. The molecule has 0 aliphatic heterocycles. The second-order valence-corrected chi connectivity index (χ2v) is 7.27. The van der Waals surface area contributed by atoms with Crippen LogP contribution in [0.1, 0.15) is 57.1 Å². The molecular weight excluding hydrogens is 420 g/mol. The topological polar surface area (TPSA) is 101 Å². The molecule has 176 valence electrons. The maximum Gasteiger partial charge on any atom is 0.240 e. The summed E-state index contributed by atoms with van der Waals surface area (Å²) in [6, 6.07) is 14.9. The van der Waals surface area contributed by atoms with E-state index < -0.39 is 0 Å². The molecule has 2 N–H and O–H groups in total. The highest BCUT2D eigenvalue weighted by atomic mass is 16.5. The summed E-state index contributed by atoms with van der Waals surface area (Å²) in [4.78, 5) is 23.7. The Labute approximate surface area is 195 Å². The van der Waals surface area contributed by atoms with Gasteiger partial charge in [0.15, 0.2) is 0 Å². The number of ether oxygens (including phenoxy) is 2. The van der Waals surface area contributed by atoms with E-state index in [0.717, 1.165) is 35.5 Å². The van der Waals surface area contributed by atoms with Crippen LogP contribution in [0, 0.1) is 0 Å². The quantitative estimate of drug-likeness (QED) is 0.334. The number of hydrogen-bond donors (Lipinski definition) is 2. The van der Waals surface area contributed by atoms with Crippen molar-refractivity contribution in [1.29, 1.82) is 0 Å². The van der Waals surface area contributed by atoms with Gasteiger partial charge in [0.05, 0.1) is 25.6 Å². The zero-order valence-electron chi connectivity index (χ0n) is 19.3. The number of hydrogen-bond acceptors (Lipinski definition) is 6. The minimum atomic E-state index is -0.254. The smallest absolute Gasteiger partial charge is 0.240 e. The summed E-state index contributed by atoms with van der Waals surface area (Å²) >= 11 is 0. The summed E-state index contributed by atoms with van der Waals surface area (Å²) in [5, 5.41) is 7.88. The average Bonchev–Trinajstić information content (AvgIpc) is 2.83. The summed E-state index contributed by atoms with van der Waals surface area (Å²) in [6.45, 7) is 5.46. The first-order valence-corrected chi connectivity index (χ1v) is 11.2. The van der Waals surface area contributed by atoms with Crippen molar-refractivity contribution in [3.05, 3.63) is 59.7 Å². The Morgan fingerprint density at radius 2 is 1.12 bits per heavy atom. The first-order chi connectivity index (χ1) is 16.1. The highest BCUT2D eigenvalue weighted by Crippen LogP contribution is 2.12. The van der Waals surface area contributed by atoms with E-state index in [0.29, 0.717) is 19.6 Å². The van der Waals surface area contributed by atoms with E-state index in [-0.39, 0.29) is 24.7 Å². The van der Waals surface area contributed by atoms with Gasteiger partial charge in [0.1, 0.15) is 11.5 Å². The Bertz CT molecular complexity index is 834. The third-order valence-electron chi connectivity index (χ3n) is 4.32. The number of carbonyl (C=O) groups is 2. The molecule has 8 nitrogen and oxygen atoms in total. The molecule has 0 heterocycles. The maximum absolute atomic E-state index is 11.9. The summed E-state index contributed by atoms with van der Waals surface area (Å²) in [7, 11) is 0. The predicted octanol–water partition coefficient (Wildman–Crippen LogP) is 4.03. The molecule has 0 saturated heterocycles. The Hall–Kier alpha value is -3.68. The molecule has 8 heteroatoms. The van der Waals surface area contributed by atoms with Crippen LogP contribution in [0.2, 0.25) is 0 Å². The molecule has 2 amide bonds. The molecule has 0 aliphatic carbocycles. The zero-order chi connectivity index (χ0) is 23.7. The number of hydrazone groups is 2. The lowest BCUT2D eigenvalue weighted by Crippen LogP contribution is -2.20. The highest BCUT2D eigenvalue weighted by Gasteiger charge is 2.04. The lowest BCUT2D eigenvalue weighted by Gasteiger charge is -2.04. The van der Waals surface area contributed by atoms with Gasteiger partial charge in [-0.25, -0.2) is 10.9 Å². The van der Waals surface area contributed by atoms with Crippen molar-refractivity contribution in [2.45, 2.75) is 46.0 Å². The number of nitrogens with zero attached hydrogens (tertiary/aromatic N) is 2. The summed E-state index contributed by atoms with van der Waals surface area (Å²) < 4.78 is 11.0. The zero-order valence-corrected chi connectivity index (χ0v) is 19.3. The monoisotopic (exact) mass is 452 g/mol. The molecule has 0 atom stereocenters. The number of benzene rings is 2. The highest BCUT2D eigenvalue weighted by molar-refractivity contribution is 5.84. The number of amides is 2. The van der Waals surface area contributed by atoms with Crippen molar-refractivity contribution in [3.8, 4) is 11.5 Å². The van der Waals surface area contributed by atoms with Crippen molar-refractivity contribution < 1.29 is 19.1 Å². The van der Waals surface area contributed by atoms with Crippen LogP contribution in [-0.4, -0.2) is 37.5 Å². The first kappa shape index (κ1) is 25.6. The Morgan fingerprint density at radius 1 is 0.727 bits per heavy atom. The largest absolute Gasteiger partial charge is 0.494 e. The minimum Gasteiger partial charge on any atom is -0.494 e. The van der Waals surface area contributed by atoms with Gasteiger partial charge in [-0.05, 0) is 78.9 Å². The van der Waals surface area contributed by atoms with Gasteiger partial charge in [-0.15, -0.1) is 0 Å².